The molecule has 2 saturated heterocycles. The monoisotopic (exact) mass is 450 g/mol. The maximum atomic E-state index is 13.1. The van der Waals surface area contributed by atoms with E-state index in [4.69, 9.17) is 9.72 Å². The molecule has 0 aliphatic carbocycles. The van der Waals surface area contributed by atoms with Gasteiger partial charge in [0.15, 0.2) is 5.13 Å². The molecule has 7 heteroatoms. The number of piperazine rings is 1. The lowest BCUT2D eigenvalue weighted by atomic mass is 9.95. The number of piperidine rings is 1. The number of benzene rings is 2. The van der Waals surface area contributed by atoms with Gasteiger partial charge in [0.1, 0.15) is 5.75 Å². The number of hydrogen-bond acceptors (Lipinski definition) is 6. The maximum Gasteiger partial charge on any atom is 0.225 e. The molecule has 32 heavy (non-hydrogen) atoms. The molecule has 3 heterocycles. The molecule has 168 valence electrons. The average Bonchev–Trinajstić information content (AvgIpc) is 3.28. The van der Waals surface area contributed by atoms with Crippen molar-refractivity contribution in [1.29, 1.82) is 0 Å². The van der Waals surface area contributed by atoms with Crippen molar-refractivity contribution in [3.8, 4) is 5.75 Å². The smallest absolute Gasteiger partial charge is 0.225 e. The van der Waals surface area contributed by atoms with Gasteiger partial charge in [-0.1, -0.05) is 29.5 Å². The van der Waals surface area contributed by atoms with Crippen LogP contribution in [-0.2, 0) is 4.79 Å². The highest BCUT2D eigenvalue weighted by atomic mass is 32.1. The second kappa shape index (κ2) is 9.36. The summed E-state index contributed by atoms with van der Waals surface area (Å²) >= 11 is 1.71. The van der Waals surface area contributed by atoms with E-state index in [9.17, 15) is 4.79 Å². The van der Waals surface area contributed by atoms with Gasteiger partial charge in [-0.05, 0) is 50.1 Å². The lowest BCUT2D eigenvalue weighted by molar-refractivity contribution is -0.136. The minimum atomic E-state index is 0.133. The molecular formula is C25H30N4O2S. The summed E-state index contributed by atoms with van der Waals surface area (Å²) < 4.78 is 6.77. The van der Waals surface area contributed by atoms with Crippen LogP contribution >= 0.6 is 11.3 Å². The first-order chi connectivity index (χ1) is 15.7. The minimum Gasteiger partial charge on any atom is -0.494 e. The third-order valence-electron chi connectivity index (χ3n) is 6.49. The Hall–Kier alpha value is -2.80. The number of amides is 1. The number of carbonyl (C=O) groups is 1. The van der Waals surface area contributed by atoms with E-state index in [0.717, 1.165) is 73.2 Å². The van der Waals surface area contributed by atoms with Crippen molar-refractivity contribution in [2.45, 2.75) is 19.8 Å². The molecule has 2 fully saturated rings. The molecule has 0 N–H and O–H groups in total. The molecule has 2 aliphatic rings. The first kappa shape index (κ1) is 21.1. The summed E-state index contributed by atoms with van der Waals surface area (Å²) in [5, 5.41) is 1.05. The number of ether oxygens (including phenoxy) is 1. The normalized spacial score (nSPS) is 17.7. The molecule has 2 aliphatic heterocycles. The van der Waals surface area contributed by atoms with Gasteiger partial charge in [0.25, 0.3) is 0 Å². The third kappa shape index (κ3) is 4.39. The molecule has 2 aromatic carbocycles. The Morgan fingerprint density at radius 1 is 1.00 bits per heavy atom. The van der Waals surface area contributed by atoms with Gasteiger partial charge in [-0.25, -0.2) is 4.98 Å². The van der Waals surface area contributed by atoms with Gasteiger partial charge >= 0.3 is 0 Å². The molecule has 1 amide bonds. The number of anilines is 2. The first-order valence-electron chi connectivity index (χ1n) is 11.6. The number of fused-ring (bicyclic) bond motifs is 1. The van der Waals surface area contributed by atoms with E-state index in [1.807, 2.05) is 25.1 Å². The summed E-state index contributed by atoms with van der Waals surface area (Å²) in [6.45, 7) is 7.88. The van der Waals surface area contributed by atoms with Crippen LogP contribution in [0.5, 0.6) is 5.75 Å². The highest BCUT2D eigenvalue weighted by Crippen LogP contribution is 2.34. The van der Waals surface area contributed by atoms with E-state index in [0.29, 0.717) is 12.5 Å². The Kier molecular flexibility index (Phi) is 6.17. The second-order valence-electron chi connectivity index (χ2n) is 8.47. The van der Waals surface area contributed by atoms with Crippen molar-refractivity contribution in [1.82, 2.24) is 9.88 Å². The van der Waals surface area contributed by atoms with E-state index >= 15 is 0 Å². The summed E-state index contributed by atoms with van der Waals surface area (Å²) in [5.74, 6) is 1.36. The predicted octanol–water partition coefficient (Wildman–Crippen LogP) is 4.26. The van der Waals surface area contributed by atoms with Gasteiger partial charge in [0, 0.05) is 50.9 Å². The van der Waals surface area contributed by atoms with Gasteiger partial charge < -0.3 is 19.4 Å². The molecule has 5 rings (SSSR count). The molecular weight excluding hydrogens is 420 g/mol. The number of thiazole rings is 1. The molecule has 0 bridgehead atoms. The van der Waals surface area contributed by atoms with Crippen LogP contribution in [0.3, 0.4) is 0 Å². The fourth-order valence-electron chi connectivity index (χ4n) is 4.68. The molecule has 0 radical (unpaired) electrons. The van der Waals surface area contributed by atoms with Crippen LogP contribution in [-0.4, -0.2) is 61.7 Å². The number of nitrogens with zero attached hydrogens (tertiary/aromatic N) is 4. The Labute approximate surface area is 193 Å². The molecule has 3 aromatic rings. The van der Waals surface area contributed by atoms with Crippen LogP contribution in [0.25, 0.3) is 10.2 Å². The fourth-order valence-corrected chi connectivity index (χ4v) is 5.73. The lowest BCUT2D eigenvalue weighted by Gasteiger charge is -2.39. The summed E-state index contributed by atoms with van der Waals surface area (Å²) in [6, 6.07) is 16.6. The fraction of sp³-hybridized carbons (Fsp3) is 0.440. The van der Waals surface area contributed by atoms with Gasteiger partial charge in [0.05, 0.1) is 16.8 Å². The first-order valence-corrected chi connectivity index (χ1v) is 12.4. The number of carbonyl (C=O) groups excluding carboxylic acids is 1. The lowest BCUT2D eigenvalue weighted by Crippen LogP contribution is -2.51. The molecule has 0 atom stereocenters. The zero-order valence-corrected chi connectivity index (χ0v) is 19.4. The van der Waals surface area contributed by atoms with E-state index in [1.54, 1.807) is 11.3 Å². The van der Waals surface area contributed by atoms with Crippen LogP contribution in [0.15, 0.2) is 48.5 Å². The minimum absolute atomic E-state index is 0.133. The van der Waals surface area contributed by atoms with Crippen LogP contribution in [0.2, 0.25) is 0 Å². The van der Waals surface area contributed by atoms with E-state index in [-0.39, 0.29) is 5.92 Å². The molecule has 0 unspecified atom stereocenters. The van der Waals surface area contributed by atoms with Crippen LogP contribution < -0.4 is 14.5 Å². The molecule has 6 nitrogen and oxygen atoms in total. The zero-order chi connectivity index (χ0) is 21.9. The number of aromatic nitrogens is 1. The van der Waals surface area contributed by atoms with Crippen LogP contribution in [0.4, 0.5) is 10.8 Å². The zero-order valence-electron chi connectivity index (χ0n) is 18.6. The van der Waals surface area contributed by atoms with Gasteiger partial charge in [-0.15, -0.1) is 0 Å². The SMILES string of the molecule is CCOc1ccc2nc(N3CCC(C(=O)N4CCN(c5ccccc5)CC4)CC3)sc2c1. The third-order valence-corrected chi connectivity index (χ3v) is 7.57. The van der Waals surface area contributed by atoms with Crippen molar-refractivity contribution < 1.29 is 9.53 Å². The second-order valence-corrected chi connectivity index (χ2v) is 9.48. The van der Waals surface area contributed by atoms with Crippen LogP contribution in [0.1, 0.15) is 19.8 Å². The van der Waals surface area contributed by atoms with Crippen molar-refractivity contribution in [3.05, 3.63) is 48.5 Å². The Morgan fingerprint density at radius 2 is 1.75 bits per heavy atom. The van der Waals surface area contributed by atoms with Crippen molar-refractivity contribution in [2.75, 3.05) is 55.7 Å². The highest BCUT2D eigenvalue weighted by Gasteiger charge is 2.31. The summed E-state index contributed by atoms with van der Waals surface area (Å²) in [4.78, 5) is 24.7. The molecule has 0 spiro atoms. The number of rotatable bonds is 5. The summed E-state index contributed by atoms with van der Waals surface area (Å²) in [5.41, 5.74) is 2.26. The topological polar surface area (TPSA) is 48.9 Å². The summed E-state index contributed by atoms with van der Waals surface area (Å²) in [7, 11) is 0. The van der Waals surface area contributed by atoms with Crippen molar-refractivity contribution in [3.63, 3.8) is 0 Å². The Bertz CT molecular complexity index is 1050. The molecule has 0 saturated carbocycles. The highest BCUT2D eigenvalue weighted by molar-refractivity contribution is 7.22. The van der Waals surface area contributed by atoms with Crippen molar-refractivity contribution >= 4 is 38.3 Å². The van der Waals surface area contributed by atoms with E-state index in [1.165, 1.54) is 5.69 Å². The summed E-state index contributed by atoms with van der Waals surface area (Å²) in [6.07, 6.45) is 1.80. The van der Waals surface area contributed by atoms with Gasteiger partial charge in [-0.3, -0.25) is 4.79 Å². The quantitative estimate of drug-likeness (QED) is 0.581. The number of para-hydroxylation sites is 1. The largest absolute Gasteiger partial charge is 0.494 e. The van der Waals surface area contributed by atoms with Crippen molar-refractivity contribution in [2.24, 2.45) is 5.92 Å². The van der Waals surface area contributed by atoms with E-state index < -0.39 is 0 Å². The van der Waals surface area contributed by atoms with Crippen LogP contribution in [0, 0.1) is 5.92 Å². The van der Waals surface area contributed by atoms with Gasteiger partial charge in [-0.2, -0.15) is 0 Å². The maximum absolute atomic E-state index is 13.1. The predicted molar refractivity (Wildman–Crippen MR) is 131 cm³/mol. The molecule has 1 aromatic heterocycles. The standard InChI is InChI=1S/C25H30N4O2S/c1-2-31-21-8-9-22-23(18-21)32-25(26-22)29-12-10-19(11-13-29)24(30)28-16-14-27(15-17-28)20-6-4-3-5-7-20/h3-9,18-19H,2,10-17H2,1H3. The van der Waals surface area contributed by atoms with E-state index in [2.05, 4.69) is 45.0 Å². The Morgan fingerprint density at radius 3 is 2.47 bits per heavy atom. The van der Waals surface area contributed by atoms with Gasteiger partial charge in [0.2, 0.25) is 5.91 Å². The Balaban J connectivity index is 1.15. The average molecular weight is 451 g/mol. The number of hydrogen-bond donors (Lipinski definition) is 0.